The largest absolute Gasteiger partial charge is 0.478 e. The van der Waals surface area contributed by atoms with Gasteiger partial charge in [0.1, 0.15) is 0 Å². The van der Waals surface area contributed by atoms with Crippen molar-refractivity contribution >= 4 is 45.9 Å². The molecule has 0 aromatic heterocycles. The highest BCUT2D eigenvalue weighted by molar-refractivity contribution is 6.94. The van der Waals surface area contributed by atoms with E-state index in [1.54, 1.807) is 12.1 Å². The summed E-state index contributed by atoms with van der Waals surface area (Å²) in [4.78, 5) is 23.5. The summed E-state index contributed by atoms with van der Waals surface area (Å²) < 4.78 is 33.1. The maximum Gasteiger partial charge on any atom is 0.335 e. The molecule has 0 atom stereocenters. The fraction of sp³-hybridized carbons (Fsp3) is 0.742. The molecule has 0 bridgehead atoms. The molecule has 8 nitrogen and oxygen atoms in total. The Morgan fingerprint density at radius 2 is 1.42 bits per heavy atom. The number of carbonyl (C=O) groups excluding carboxylic acids is 1. The number of carbonyl (C=O) groups is 2. The van der Waals surface area contributed by atoms with Crippen molar-refractivity contribution in [3.8, 4) is 0 Å². The van der Waals surface area contributed by atoms with Crippen molar-refractivity contribution < 1.29 is 32.2 Å². The van der Waals surface area contributed by atoms with Gasteiger partial charge in [-0.15, -0.1) is 0 Å². The van der Waals surface area contributed by atoms with Crippen LogP contribution in [-0.2, 0) is 24.3 Å². The topological polar surface area (TPSA) is 110 Å². The number of aromatic carboxylic acids is 1. The number of nitrogens with one attached hydrogen (secondary N) is 1. The van der Waals surface area contributed by atoms with Crippen LogP contribution in [-0.4, -0.2) is 89.2 Å². The highest BCUT2D eigenvalue weighted by Crippen LogP contribution is 2.29. The molecule has 0 unspecified atom stereocenters. The minimum absolute atomic E-state index is 0.0905. The second-order valence-electron chi connectivity index (χ2n) is 13.6. The second kappa shape index (κ2) is 19.8. The summed E-state index contributed by atoms with van der Waals surface area (Å²) in [5, 5.41) is 12.1. The van der Waals surface area contributed by atoms with Crippen LogP contribution >= 0.6 is 0 Å². The van der Waals surface area contributed by atoms with Gasteiger partial charge in [0.25, 0.3) is 17.4 Å². The molecule has 0 aliphatic heterocycles. The van der Waals surface area contributed by atoms with Crippen molar-refractivity contribution in [1.29, 1.82) is 0 Å². The Morgan fingerprint density at radius 1 is 0.860 bits per heavy atom. The molecule has 1 amide bonds. The molecule has 43 heavy (non-hydrogen) atoms. The molecule has 0 aliphatic carbocycles. The van der Waals surface area contributed by atoms with Crippen molar-refractivity contribution in [3.63, 3.8) is 0 Å². The average molecular weight is 668 g/mol. The predicted molar refractivity (Wildman–Crippen MR) is 183 cm³/mol. The van der Waals surface area contributed by atoms with Gasteiger partial charge in [-0.25, -0.2) is 4.79 Å². The van der Waals surface area contributed by atoms with E-state index in [1.165, 1.54) is 5.56 Å². The number of aryl methyl sites for hydroxylation is 1. The number of quaternary nitrogens is 1. The minimum Gasteiger partial charge on any atom is -0.478 e. The Morgan fingerprint density at radius 3 is 1.93 bits per heavy atom. The van der Waals surface area contributed by atoms with Gasteiger partial charge in [0.05, 0.1) is 32.7 Å². The third kappa shape index (κ3) is 18.2. The molecular weight excluding hydrogens is 609 g/mol. The molecule has 1 aromatic carbocycles. The summed E-state index contributed by atoms with van der Waals surface area (Å²) in [6.07, 6.45) is 7.49. The predicted octanol–water partition coefficient (Wildman–Crippen LogP) is 6.61. The van der Waals surface area contributed by atoms with Crippen LogP contribution in [0.4, 0.5) is 0 Å². The minimum atomic E-state index is -2.41. The SMILES string of the molecule is CC[Si](=O)C[Si](CCCNC(=O)CCCCC[N+](C)(C)CCCCc1ccc(C(=O)O)cc1)(C[Si](=O)CC)O[Si](C)(C)C. The van der Waals surface area contributed by atoms with Crippen LogP contribution in [0.3, 0.4) is 0 Å². The molecule has 244 valence electrons. The van der Waals surface area contributed by atoms with E-state index in [-0.39, 0.29) is 5.91 Å². The maximum atomic E-state index is 12.7. The van der Waals surface area contributed by atoms with E-state index in [0.717, 1.165) is 68.6 Å². The van der Waals surface area contributed by atoms with Crippen LogP contribution < -0.4 is 5.32 Å². The van der Waals surface area contributed by atoms with Crippen LogP contribution in [0.25, 0.3) is 0 Å². The number of carboxylic acid groups (broad SMARTS) is 1. The number of carboxylic acids is 1. The van der Waals surface area contributed by atoms with Crippen LogP contribution in [0, 0.1) is 0 Å². The van der Waals surface area contributed by atoms with E-state index in [0.29, 0.717) is 42.0 Å². The maximum absolute atomic E-state index is 12.7. The molecule has 0 spiro atoms. The Balaban J connectivity index is 2.35. The summed E-state index contributed by atoms with van der Waals surface area (Å²) in [5.41, 5.74) is 2.76. The summed E-state index contributed by atoms with van der Waals surface area (Å²) in [5.74, 6) is -0.798. The molecule has 0 fully saturated rings. The highest BCUT2D eigenvalue weighted by atomic mass is 28.5. The van der Waals surface area contributed by atoms with Crippen LogP contribution in [0.1, 0.15) is 74.7 Å². The smallest absolute Gasteiger partial charge is 0.335 e. The summed E-state index contributed by atoms with van der Waals surface area (Å²) in [6, 6.07) is 9.32. The lowest BCUT2D eigenvalue weighted by atomic mass is 10.1. The Kier molecular flexibility index (Phi) is 18.3. The molecule has 0 saturated heterocycles. The lowest BCUT2D eigenvalue weighted by molar-refractivity contribution is -0.890. The van der Waals surface area contributed by atoms with E-state index in [1.807, 2.05) is 26.0 Å². The van der Waals surface area contributed by atoms with E-state index in [9.17, 15) is 18.5 Å². The molecule has 0 heterocycles. The average Bonchev–Trinajstić information content (AvgIpc) is 2.92. The first-order chi connectivity index (χ1) is 20.1. The normalized spacial score (nSPS) is 12.3. The fourth-order valence-corrected chi connectivity index (χ4v) is 24.6. The summed E-state index contributed by atoms with van der Waals surface area (Å²) in [6.45, 7) is 13.2. The van der Waals surface area contributed by atoms with Crippen LogP contribution in [0.15, 0.2) is 24.3 Å². The quantitative estimate of drug-likeness (QED) is 0.0730. The van der Waals surface area contributed by atoms with Crippen LogP contribution in [0.5, 0.6) is 0 Å². The van der Waals surface area contributed by atoms with Crippen molar-refractivity contribution in [2.24, 2.45) is 0 Å². The van der Waals surface area contributed by atoms with E-state index < -0.39 is 40.0 Å². The Labute approximate surface area is 266 Å². The number of amides is 1. The molecule has 0 saturated carbocycles. The van der Waals surface area contributed by atoms with Crippen molar-refractivity contribution in [2.45, 2.75) is 114 Å². The number of nitrogens with zero attached hydrogens (tertiary/aromatic N) is 1. The van der Waals surface area contributed by atoms with Gasteiger partial charge < -0.3 is 27.9 Å². The molecule has 2 N–H and O–H groups in total. The molecule has 0 radical (unpaired) electrons. The summed E-state index contributed by atoms with van der Waals surface area (Å²) >= 11 is 0. The van der Waals surface area contributed by atoms with Gasteiger partial charge in [0, 0.05) is 24.3 Å². The zero-order chi connectivity index (χ0) is 32.5. The standard InChI is InChI=1S/C31H58N2O6Si4/c1-8-40(37)26-43(27-41(38)9-2,39-42(5,6)7)25-15-22-32-30(34)17-11-10-13-23-33(3,4)24-14-12-16-28-18-20-29(21-19-28)31(35)36/h18-21H,8-17,22-27H2,1-7H3,(H-,32,34,35,36)/p+1. The number of rotatable bonds is 24. The van der Waals surface area contributed by atoms with Gasteiger partial charge in [-0.05, 0) is 100 Å². The third-order valence-electron chi connectivity index (χ3n) is 7.83. The van der Waals surface area contributed by atoms with Crippen molar-refractivity contribution in [2.75, 3.05) is 33.7 Å². The van der Waals surface area contributed by atoms with Gasteiger partial charge >= 0.3 is 5.97 Å². The van der Waals surface area contributed by atoms with Crippen molar-refractivity contribution in [1.82, 2.24) is 5.32 Å². The molecule has 1 rings (SSSR count). The van der Waals surface area contributed by atoms with Crippen LogP contribution in [0.2, 0.25) is 49.1 Å². The number of hydrogen-bond donors (Lipinski definition) is 2. The molecule has 12 heteroatoms. The van der Waals surface area contributed by atoms with Gasteiger partial charge in [-0.3, -0.25) is 4.79 Å². The Hall–Kier alpha value is -1.45. The second-order valence-corrected chi connectivity index (χ2v) is 27.9. The molecule has 0 aliphatic rings. The zero-order valence-electron chi connectivity index (χ0n) is 28.1. The monoisotopic (exact) mass is 667 g/mol. The van der Waals surface area contributed by atoms with Gasteiger partial charge in [0.2, 0.25) is 5.91 Å². The number of unbranched alkanes of at least 4 members (excludes halogenated alkanes) is 3. The van der Waals surface area contributed by atoms with Gasteiger partial charge in [-0.2, -0.15) is 0 Å². The lowest BCUT2D eigenvalue weighted by Crippen LogP contribution is -2.50. The van der Waals surface area contributed by atoms with E-state index in [2.05, 4.69) is 39.1 Å². The molecule has 1 aromatic rings. The lowest BCUT2D eigenvalue weighted by Gasteiger charge is -2.37. The zero-order valence-corrected chi connectivity index (χ0v) is 32.1. The first-order valence-corrected chi connectivity index (χ1v) is 25.8. The number of hydrogen-bond acceptors (Lipinski definition) is 5. The van der Waals surface area contributed by atoms with E-state index >= 15 is 0 Å². The fourth-order valence-electron chi connectivity index (χ4n) is 5.50. The van der Waals surface area contributed by atoms with E-state index in [4.69, 9.17) is 9.22 Å². The Bertz CT molecular complexity index is 1010. The molecular formula is C31H59N2O6Si4+. The first kappa shape index (κ1) is 39.6. The van der Waals surface area contributed by atoms with Crippen molar-refractivity contribution in [3.05, 3.63) is 35.4 Å². The third-order valence-corrected chi connectivity index (χ3v) is 23.2. The first-order valence-electron chi connectivity index (χ1n) is 16.2. The van der Waals surface area contributed by atoms with Gasteiger partial charge in [-0.1, -0.05) is 26.0 Å². The highest BCUT2D eigenvalue weighted by Gasteiger charge is 2.42. The summed E-state index contributed by atoms with van der Waals surface area (Å²) in [7, 11) is -3.23. The van der Waals surface area contributed by atoms with Gasteiger partial charge in [0.15, 0.2) is 16.6 Å². The number of benzene rings is 1.